The Hall–Kier alpha value is -2.69. The maximum atomic E-state index is 10.7. The highest BCUT2D eigenvalue weighted by atomic mass is 16.4. The second-order valence-corrected chi connectivity index (χ2v) is 3.86. The van der Waals surface area contributed by atoms with Gasteiger partial charge in [-0.3, -0.25) is 10.1 Å². The third-order valence-electron chi connectivity index (χ3n) is 2.72. The molecular formula is C13H9N3O2. The second-order valence-electron chi connectivity index (χ2n) is 3.86. The van der Waals surface area contributed by atoms with E-state index in [1.165, 1.54) is 12.3 Å². The summed E-state index contributed by atoms with van der Waals surface area (Å²) in [4.78, 5) is 14.9. The molecule has 3 aromatic rings. The first-order valence-corrected chi connectivity index (χ1v) is 5.38. The summed E-state index contributed by atoms with van der Waals surface area (Å²) >= 11 is 0. The van der Waals surface area contributed by atoms with Crippen LogP contribution in [-0.2, 0) is 0 Å². The molecule has 0 aliphatic heterocycles. The van der Waals surface area contributed by atoms with Crippen LogP contribution in [-0.4, -0.2) is 26.3 Å². The van der Waals surface area contributed by atoms with E-state index in [1.54, 1.807) is 6.07 Å². The summed E-state index contributed by atoms with van der Waals surface area (Å²) < 4.78 is 0. The van der Waals surface area contributed by atoms with E-state index in [1.807, 2.05) is 24.3 Å². The number of fused-ring (bicyclic) bond motifs is 1. The minimum atomic E-state index is -0.985. The Morgan fingerprint density at radius 2 is 2.00 bits per heavy atom. The molecule has 5 heteroatoms. The topological polar surface area (TPSA) is 78.9 Å². The molecule has 2 aromatic heterocycles. The average Bonchev–Trinajstić information content (AvgIpc) is 2.82. The van der Waals surface area contributed by atoms with Crippen LogP contribution in [0.4, 0.5) is 0 Å². The lowest BCUT2D eigenvalue weighted by atomic mass is 10.1. The lowest BCUT2D eigenvalue weighted by Gasteiger charge is -1.98. The van der Waals surface area contributed by atoms with Crippen molar-refractivity contribution < 1.29 is 9.90 Å². The van der Waals surface area contributed by atoms with Crippen molar-refractivity contribution in [1.29, 1.82) is 0 Å². The molecule has 0 fully saturated rings. The van der Waals surface area contributed by atoms with Crippen molar-refractivity contribution in [3.05, 3.63) is 48.2 Å². The number of carboxylic acids is 1. The number of hydrogen-bond donors (Lipinski definition) is 2. The number of pyridine rings is 1. The van der Waals surface area contributed by atoms with Gasteiger partial charge in [-0.05, 0) is 18.2 Å². The minimum Gasteiger partial charge on any atom is -0.478 e. The van der Waals surface area contributed by atoms with Gasteiger partial charge < -0.3 is 5.11 Å². The Labute approximate surface area is 102 Å². The number of carbonyl (C=O) groups is 1. The van der Waals surface area contributed by atoms with Crippen molar-refractivity contribution >= 4 is 16.9 Å². The van der Waals surface area contributed by atoms with Crippen LogP contribution < -0.4 is 0 Å². The predicted molar refractivity (Wildman–Crippen MR) is 66.3 cm³/mol. The molecule has 0 saturated carbocycles. The quantitative estimate of drug-likeness (QED) is 0.719. The third-order valence-corrected chi connectivity index (χ3v) is 2.72. The van der Waals surface area contributed by atoms with Crippen LogP contribution in [0.15, 0.2) is 42.6 Å². The number of carboxylic acid groups (broad SMARTS) is 1. The smallest absolute Gasteiger partial charge is 0.337 e. The predicted octanol–water partition coefficient (Wildman–Crippen LogP) is 2.32. The number of nitrogens with zero attached hydrogens (tertiary/aromatic N) is 2. The van der Waals surface area contributed by atoms with Crippen molar-refractivity contribution in [2.24, 2.45) is 0 Å². The summed E-state index contributed by atoms with van der Waals surface area (Å²) in [5, 5.41) is 16.9. The highest BCUT2D eigenvalue weighted by Crippen LogP contribution is 2.24. The summed E-state index contributed by atoms with van der Waals surface area (Å²) in [5.41, 5.74) is 2.47. The number of aromatic nitrogens is 3. The first kappa shape index (κ1) is 10.5. The van der Waals surface area contributed by atoms with Crippen LogP contribution >= 0.6 is 0 Å². The molecule has 0 saturated heterocycles. The molecule has 1 aromatic carbocycles. The van der Waals surface area contributed by atoms with Gasteiger partial charge in [0, 0.05) is 11.6 Å². The fraction of sp³-hybridized carbons (Fsp3) is 0. The van der Waals surface area contributed by atoms with Crippen molar-refractivity contribution in [2.45, 2.75) is 0 Å². The Kier molecular flexibility index (Phi) is 2.30. The standard InChI is InChI=1S/C13H9N3O2/c17-13(18)8-5-6-11(14-7-8)12-9-3-1-2-4-10(9)15-16-12/h1-7H,(H,15,16)(H,17,18). The van der Waals surface area contributed by atoms with Gasteiger partial charge in [0.25, 0.3) is 0 Å². The number of para-hydroxylation sites is 1. The van der Waals surface area contributed by atoms with Gasteiger partial charge in [-0.25, -0.2) is 4.79 Å². The summed E-state index contributed by atoms with van der Waals surface area (Å²) in [6, 6.07) is 10.9. The van der Waals surface area contributed by atoms with Gasteiger partial charge in [0.05, 0.1) is 16.8 Å². The number of nitrogens with one attached hydrogen (secondary N) is 1. The van der Waals surface area contributed by atoms with Gasteiger partial charge in [0.1, 0.15) is 5.69 Å². The van der Waals surface area contributed by atoms with Crippen LogP contribution in [0.2, 0.25) is 0 Å². The Bertz CT molecular complexity index is 716. The van der Waals surface area contributed by atoms with Gasteiger partial charge in [0.2, 0.25) is 0 Å². The van der Waals surface area contributed by atoms with E-state index >= 15 is 0 Å². The lowest BCUT2D eigenvalue weighted by Crippen LogP contribution is -1.97. The van der Waals surface area contributed by atoms with Crippen LogP contribution in [0.5, 0.6) is 0 Å². The molecule has 5 nitrogen and oxygen atoms in total. The summed E-state index contributed by atoms with van der Waals surface area (Å²) in [7, 11) is 0. The molecule has 0 radical (unpaired) electrons. The molecule has 2 N–H and O–H groups in total. The molecule has 18 heavy (non-hydrogen) atoms. The molecule has 2 heterocycles. The number of aromatic amines is 1. The maximum absolute atomic E-state index is 10.7. The van der Waals surface area contributed by atoms with E-state index in [2.05, 4.69) is 15.2 Å². The summed E-state index contributed by atoms with van der Waals surface area (Å²) in [6.45, 7) is 0. The highest BCUT2D eigenvalue weighted by molar-refractivity contribution is 5.92. The van der Waals surface area contributed by atoms with Crippen molar-refractivity contribution in [2.75, 3.05) is 0 Å². The van der Waals surface area contributed by atoms with Gasteiger partial charge in [-0.1, -0.05) is 18.2 Å². The minimum absolute atomic E-state index is 0.165. The molecule has 88 valence electrons. The monoisotopic (exact) mass is 239 g/mol. The largest absolute Gasteiger partial charge is 0.478 e. The molecule has 0 aliphatic carbocycles. The van der Waals surface area contributed by atoms with Gasteiger partial charge >= 0.3 is 5.97 Å². The van der Waals surface area contributed by atoms with Crippen molar-refractivity contribution in [3.8, 4) is 11.4 Å². The number of benzene rings is 1. The zero-order valence-corrected chi connectivity index (χ0v) is 9.29. The van der Waals surface area contributed by atoms with Crippen LogP contribution in [0.1, 0.15) is 10.4 Å². The van der Waals surface area contributed by atoms with Crippen LogP contribution in [0, 0.1) is 0 Å². The molecule has 0 unspecified atom stereocenters. The van der Waals surface area contributed by atoms with Gasteiger partial charge in [-0.15, -0.1) is 0 Å². The molecule has 0 spiro atoms. The number of rotatable bonds is 2. The van der Waals surface area contributed by atoms with Gasteiger partial charge in [0.15, 0.2) is 0 Å². The molecule has 0 atom stereocenters. The Morgan fingerprint density at radius 1 is 1.17 bits per heavy atom. The first-order valence-electron chi connectivity index (χ1n) is 5.38. The normalized spacial score (nSPS) is 10.7. The van der Waals surface area contributed by atoms with E-state index in [0.717, 1.165) is 16.6 Å². The van der Waals surface area contributed by atoms with Gasteiger partial charge in [-0.2, -0.15) is 5.10 Å². The maximum Gasteiger partial charge on any atom is 0.337 e. The zero-order valence-electron chi connectivity index (χ0n) is 9.29. The lowest BCUT2D eigenvalue weighted by molar-refractivity contribution is 0.0696. The van der Waals surface area contributed by atoms with Crippen molar-refractivity contribution in [1.82, 2.24) is 15.2 Å². The highest BCUT2D eigenvalue weighted by Gasteiger charge is 2.10. The summed E-state index contributed by atoms with van der Waals surface area (Å²) in [6.07, 6.45) is 1.33. The molecule has 0 bridgehead atoms. The van der Waals surface area contributed by atoms with E-state index in [-0.39, 0.29) is 5.56 Å². The average molecular weight is 239 g/mol. The fourth-order valence-electron chi connectivity index (χ4n) is 1.82. The first-order chi connectivity index (χ1) is 8.75. The van der Waals surface area contributed by atoms with Crippen molar-refractivity contribution in [3.63, 3.8) is 0 Å². The number of hydrogen-bond acceptors (Lipinski definition) is 3. The van der Waals surface area contributed by atoms with Crippen LogP contribution in [0.25, 0.3) is 22.3 Å². The fourth-order valence-corrected chi connectivity index (χ4v) is 1.82. The molecule has 0 aliphatic rings. The Balaban J connectivity index is 2.12. The van der Waals surface area contributed by atoms with E-state index in [9.17, 15) is 4.79 Å². The van der Waals surface area contributed by atoms with E-state index in [0.29, 0.717) is 5.69 Å². The number of H-pyrrole nitrogens is 1. The second kappa shape index (κ2) is 3.96. The zero-order chi connectivity index (χ0) is 12.5. The molecule has 3 rings (SSSR count). The molecular weight excluding hydrogens is 230 g/mol. The van der Waals surface area contributed by atoms with Crippen LogP contribution in [0.3, 0.4) is 0 Å². The third kappa shape index (κ3) is 1.62. The number of aromatic carboxylic acids is 1. The molecule has 0 amide bonds. The van der Waals surface area contributed by atoms with E-state index in [4.69, 9.17) is 5.11 Å². The summed E-state index contributed by atoms with van der Waals surface area (Å²) in [5.74, 6) is -0.985. The Morgan fingerprint density at radius 3 is 2.72 bits per heavy atom. The van der Waals surface area contributed by atoms with E-state index < -0.39 is 5.97 Å². The SMILES string of the molecule is O=C(O)c1ccc(-c2n[nH]c3ccccc23)nc1.